The van der Waals surface area contributed by atoms with Crippen LogP contribution in [-0.4, -0.2) is 34.9 Å². The van der Waals surface area contributed by atoms with Crippen molar-refractivity contribution in [3.63, 3.8) is 0 Å². The maximum atomic E-state index is 11.3. The molecule has 1 aromatic heterocycles. The number of nitrogens with zero attached hydrogens (tertiary/aromatic N) is 4. The Labute approximate surface area is 155 Å². The van der Waals surface area contributed by atoms with E-state index in [0.29, 0.717) is 16.0 Å². The summed E-state index contributed by atoms with van der Waals surface area (Å²) < 4.78 is 1.98. The minimum Gasteiger partial charge on any atom is -0.372 e. The van der Waals surface area contributed by atoms with Gasteiger partial charge in [-0.05, 0) is 23.8 Å². The van der Waals surface area contributed by atoms with Gasteiger partial charge in [-0.15, -0.1) is 0 Å². The second-order valence-electron chi connectivity index (χ2n) is 5.83. The van der Waals surface area contributed by atoms with E-state index >= 15 is 0 Å². The van der Waals surface area contributed by atoms with Gasteiger partial charge in [0.05, 0.1) is 23.0 Å². The summed E-state index contributed by atoms with van der Waals surface area (Å²) in [5, 5.41) is 15.6. The molecule has 0 atom stereocenters. The molecule has 0 aliphatic rings. The van der Waals surface area contributed by atoms with E-state index in [1.165, 1.54) is 10.7 Å². The number of anilines is 1. The largest absolute Gasteiger partial charge is 0.372 e. The molecule has 0 spiro atoms. The maximum absolute atomic E-state index is 11.3. The number of benzene rings is 2. The molecule has 0 saturated heterocycles. The molecule has 1 N–H and O–H groups in total. The predicted octanol–water partition coefficient (Wildman–Crippen LogP) is 4.07. The zero-order valence-electron chi connectivity index (χ0n) is 14.3. The first kappa shape index (κ1) is 17.6. The molecule has 0 radical (unpaired) electrons. The van der Waals surface area contributed by atoms with Crippen molar-refractivity contribution in [2.24, 2.45) is 5.10 Å². The average molecular weight is 367 g/mol. The Morgan fingerprint density at radius 2 is 1.96 bits per heavy atom. The van der Waals surface area contributed by atoms with Crippen LogP contribution >= 0.6 is 12.2 Å². The van der Waals surface area contributed by atoms with Crippen molar-refractivity contribution in [2.45, 2.75) is 0 Å². The monoisotopic (exact) mass is 367 g/mol. The summed E-state index contributed by atoms with van der Waals surface area (Å²) in [6.45, 7) is 0. The third kappa shape index (κ3) is 3.70. The summed E-state index contributed by atoms with van der Waals surface area (Å²) in [5.74, 6) is 0. The zero-order valence-corrected chi connectivity index (χ0v) is 15.1. The van der Waals surface area contributed by atoms with Gasteiger partial charge in [-0.3, -0.25) is 10.1 Å². The fraction of sp³-hybridized carbons (Fsp3) is 0.111. The summed E-state index contributed by atoms with van der Waals surface area (Å²) in [4.78, 5) is 15.7. The Kier molecular flexibility index (Phi) is 4.94. The third-order valence-corrected chi connectivity index (χ3v) is 4.08. The van der Waals surface area contributed by atoms with E-state index in [0.717, 1.165) is 11.3 Å². The van der Waals surface area contributed by atoms with Crippen molar-refractivity contribution >= 4 is 29.8 Å². The van der Waals surface area contributed by atoms with Gasteiger partial charge in [0.2, 0.25) is 0 Å². The molecule has 0 fully saturated rings. The summed E-state index contributed by atoms with van der Waals surface area (Å²) in [7, 11) is 3.53. The van der Waals surface area contributed by atoms with Gasteiger partial charge in [-0.25, -0.2) is 4.68 Å². The van der Waals surface area contributed by atoms with Gasteiger partial charge in [0.15, 0.2) is 4.77 Å². The molecule has 0 saturated carbocycles. The lowest BCUT2D eigenvalue weighted by Gasteiger charge is -2.12. The van der Waals surface area contributed by atoms with Gasteiger partial charge in [-0.1, -0.05) is 36.4 Å². The van der Waals surface area contributed by atoms with Crippen LogP contribution in [0.4, 0.5) is 11.4 Å². The highest BCUT2D eigenvalue weighted by Crippen LogP contribution is 2.27. The molecule has 132 valence electrons. The number of nitro benzene ring substituents is 1. The fourth-order valence-electron chi connectivity index (χ4n) is 2.51. The van der Waals surface area contributed by atoms with Crippen LogP contribution in [0.15, 0.2) is 59.8 Å². The molecule has 8 heteroatoms. The number of aromatic nitrogens is 2. The first-order valence-corrected chi connectivity index (χ1v) is 8.24. The van der Waals surface area contributed by atoms with E-state index in [4.69, 9.17) is 12.2 Å². The molecule has 2 aromatic carbocycles. The topological polar surface area (TPSA) is 79.5 Å². The number of imidazole rings is 1. The Balaban J connectivity index is 1.91. The van der Waals surface area contributed by atoms with E-state index in [1.807, 2.05) is 30.3 Å². The van der Waals surface area contributed by atoms with Crippen LogP contribution in [0.2, 0.25) is 0 Å². The zero-order chi connectivity index (χ0) is 18.7. The predicted molar refractivity (Wildman–Crippen MR) is 105 cm³/mol. The lowest BCUT2D eigenvalue weighted by atomic mass is 10.2. The van der Waals surface area contributed by atoms with Crippen LogP contribution in [0.5, 0.6) is 0 Å². The molecule has 26 heavy (non-hydrogen) atoms. The number of hydrogen-bond donors (Lipinski definition) is 1. The summed E-state index contributed by atoms with van der Waals surface area (Å²) in [5.41, 5.74) is 3.03. The van der Waals surface area contributed by atoms with Crippen molar-refractivity contribution in [3.05, 3.63) is 75.2 Å². The number of nitrogens with one attached hydrogen (secondary N) is 1. The van der Waals surface area contributed by atoms with Gasteiger partial charge in [0.25, 0.3) is 5.69 Å². The van der Waals surface area contributed by atoms with Crippen molar-refractivity contribution in [1.29, 1.82) is 0 Å². The Morgan fingerprint density at radius 1 is 1.23 bits per heavy atom. The minimum absolute atomic E-state index is 0.0293. The molecule has 3 rings (SSSR count). The molecule has 0 amide bonds. The smallest absolute Gasteiger partial charge is 0.293 e. The highest BCUT2D eigenvalue weighted by Gasteiger charge is 2.15. The van der Waals surface area contributed by atoms with Gasteiger partial charge in [-0.2, -0.15) is 5.10 Å². The second-order valence-corrected chi connectivity index (χ2v) is 6.21. The quantitative estimate of drug-likeness (QED) is 0.319. The Morgan fingerprint density at radius 3 is 2.62 bits per heavy atom. The number of hydrogen-bond acceptors (Lipinski definition) is 5. The molecular weight excluding hydrogens is 350 g/mol. The standard InChI is InChI=1S/C18H17N5O2S/c1-21(2)16-9-8-13(10-17(16)23(24)25)11-19-22-12-15(20-18(22)26)14-6-4-3-5-7-14/h3-12H,1-2H3,(H,20,26)/b19-11+. The average Bonchev–Trinajstić information content (AvgIpc) is 3.01. The van der Waals surface area contributed by atoms with E-state index in [1.54, 1.807) is 43.5 Å². The highest BCUT2D eigenvalue weighted by molar-refractivity contribution is 7.71. The lowest BCUT2D eigenvalue weighted by molar-refractivity contribution is -0.384. The number of aromatic amines is 1. The first-order chi connectivity index (χ1) is 12.5. The minimum atomic E-state index is -0.401. The number of H-pyrrole nitrogens is 1. The molecular formula is C18H17N5O2S. The summed E-state index contributed by atoms with van der Waals surface area (Å²) in [6.07, 6.45) is 3.33. The van der Waals surface area contributed by atoms with E-state index < -0.39 is 4.92 Å². The Hall–Kier alpha value is -3.26. The molecule has 1 heterocycles. The number of nitro groups is 1. The second kappa shape index (κ2) is 7.32. The van der Waals surface area contributed by atoms with Gasteiger partial charge < -0.3 is 9.88 Å². The van der Waals surface area contributed by atoms with E-state index in [-0.39, 0.29) is 5.69 Å². The van der Waals surface area contributed by atoms with Crippen molar-refractivity contribution in [2.75, 3.05) is 19.0 Å². The van der Waals surface area contributed by atoms with Gasteiger partial charge in [0, 0.05) is 25.7 Å². The van der Waals surface area contributed by atoms with Gasteiger partial charge >= 0.3 is 0 Å². The molecule has 0 unspecified atom stereocenters. The van der Waals surface area contributed by atoms with Crippen LogP contribution in [0.1, 0.15) is 5.56 Å². The van der Waals surface area contributed by atoms with E-state index in [9.17, 15) is 10.1 Å². The summed E-state index contributed by atoms with van der Waals surface area (Å²) >= 11 is 5.29. The van der Waals surface area contributed by atoms with Crippen molar-refractivity contribution in [3.8, 4) is 11.3 Å². The van der Waals surface area contributed by atoms with Crippen LogP contribution in [0, 0.1) is 14.9 Å². The van der Waals surface area contributed by atoms with Crippen LogP contribution in [-0.2, 0) is 0 Å². The third-order valence-electron chi connectivity index (χ3n) is 3.80. The number of rotatable bonds is 5. The summed E-state index contributed by atoms with van der Waals surface area (Å²) in [6, 6.07) is 14.7. The van der Waals surface area contributed by atoms with Crippen LogP contribution in [0.25, 0.3) is 11.3 Å². The molecule has 0 aliphatic heterocycles. The molecule has 0 aliphatic carbocycles. The normalized spacial score (nSPS) is 11.0. The van der Waals surface area contributed by atoms with E-state index in [2.05, 4.69) is 10.1 Å². The Bertz CT molecular complexity index is 1020. The molecule has 7 nitrogen and oxygen atoms in total. The molecule has 0 bridgehead atoms. The SMILES string of the molecule is CN(C)c1ccc(/C=N/n2cc(-c3ccccc3)[nH]c2=S)cc1[N+](=O)[O-]. The van der Waals surface area contributed by atoms with Crippen molar-refractivity contribution < 1.29 is 4.92 Å². The lowest BCUT2D eigenvalue weighted by Crippen LogP contribution is -2.11. The molecule has 3 aromatic rings. The van der Waals surface area contributed by atoms with Crippen molar-refractivity contribution in [1.82, 2.24) is 9.66 Å². The van der Waals surface area contributed by atoms with Gasteiger partial charge in [0.1, 0.15) is 5.69 Å². The maximum Gasteiger partial charge on any atom is 0.293 e. The highest BCUT2D eigenvalue weighted by atomic mass is 32.1. The van der Waals surface area contributed by atoms with Crippen LogP contribution in [0.3, 0.4) is 0 Å². The fourth-order valence-corrected chi connectivity index (χ4v) is 2.72. The first-order valence-electron chi connectivity index (χ1n) is 7.83. The van der Waals surface area contributed by atoms with Crippen LogP contribution < -0.4 is 4.90 Å².